The van der Waals surface area contributed by atoms with Crippen LogP contribution < -0.4 is 5.32 Å². The number of hydrogen-bond acceptors (Lipinski definition) is 4. The maximum atomic E-state index is 11.8. The lowest BCUT2D eigenvalue weighted by molar-refractivity contribution is -0.116. The average molecular weight is 334 g/mol. The molecule has 0 aliphatic heterocycles. The summed E-state index contributed by atoms with van der Waals surface area (Å²) in [6.07, 6.45) is 2.83. The van der Waals surface area contributed by atoms with Gasteiger partial charge in [-0.25, -0.2) is 4.79 Å². The van der Waals surface area contributed by atoms with Gasteiger partial charge in [-0.15, -0.1) is 0 Å². The molecule has 1 amide bonds. The third-order valence-electron chi connectivity index (χ3n) is 3.10. The number of carbonyl (C=O) groups excluding carboxylic acids is 2. The van der Waals surface area contributed by atoms with E-state index in [-0.39, 0.29) is 5.91 Å². The fourth-order valence-corrected chi connectivity index (χ4v) is 2.17. The highest BCUT2D eigenvalue weighted by molar-refractivity contribution is 6.30. The van der Waals surface area contributed by atoms with Gasteiger partial charge >= 0.3 is 5.97 Å². The Kier molecular flexibility index (Phi) is 5.60. The van der Waals surface area contributed by atoms with Crippen LogP contribution >= 0.6 is 11.6 Å². The van der Waals surface area contributed by atoms with Crippen LogP contribution in [0.25, 0.3) is 6.08 Å². The summed E-state index contributed by atoms with van der Waals surface area (Å²) in [6.45, 7) is 2.02. The number of aryl methyl sites for hydroxylation is 1. The fourth-order valence-electron chi connectivity index (χ4n) is 1.95. The lowest BCUT2D eigenvalue weighted by Crippen LogP contribution is -2.20. The molecule has 0 bridgehead atoms. The summed E-state index contributed by atoms with van der Waals surface area (Å²) < 4.78 is 10.0. The van der Waals surface area contributed by atoms with E-state index in [2.05, 4.69) is 10.1 Å². The van der Waals surface area contributed by atoms with E-state index < -0.39 is 5.97 Å². The largest absolute Gasteiger partial charge is 0.465 e. The Labute approximate surface area is 138 Å². The molecule has 1 heterocycles. The van der Waals surface area contributed by atoms with E-state index in [4.69, 9.17) is 16.0 Å². The molecule has 1 N–H and O–H groups in total. The molecule has 0 aliphatic carbocycles. The summed E-state index contributed by atoms with van der Waals surface area (Å²) in [5.74, 6) is 0.0894. The fraction of sp³-hybridized carbons (Fsp3) is 0.176. The summed E-state index contributed by atoms with van der Waals surface area (Å²) in [6, 6.07) is 8.77. The third kappa shape index (κ3) is 4.72. The van der Waals surface area contributed by atoms with Gasteiger partial charge in [0.15, 0.2) is 0 Å². The number of ether oxygens (including phenoxy) is 1. The summed E-state index contributed by atoms with van der Waals surface area (Å²) in [4.78, 5) is 23.3. The van der Waals surface area contributed by atoms with Crippen molar-refractivity contribution in [3.8, 4) is 0 Å². The van der Waals surface area contributed by atoms with Gasteiger partial charge in [0, 0.05) is 17.6 Å². The predicted octanol–water partition coefficient (Wildman–Crippen LogP) is 3.36. The molecule has 6 heteroatoms. The molecule has 2 aromatic rings. The number of esters is 1. The Hall–Kier alpha value is -2.53. The molecule has 0 radical (unpaired) electrons. The lowest BCUT2D eigenvalue weighted by atomic mass is 10.2. The van der Waals surface area contributed by atoms with E-state index in [9.17, 15) is 9.59 Å². The van der Waals surface area contributed by atoms with Crippen molar-refractivity contribution in [2.45, 2.75) is 13.5 Å². The van der Waals surface area contributed by atoms with E-state index >= 15 is 0 Å². The number of carbonyl (C=O) groups is 2. The first-order valence-corrected chi connectivity index (χ1v) is 7.26. The van der Waals surface area contributed by atoms with Gasteiger partial charge in [0.25, 0.3) is 0 Å². The first-order chi connectivity index (χ1) is 11.0. The minimum absolute atomic E-state index is 0.279. The molecule has 0 unspecified atom stereocenters. The van der Waals surface area contributed by atoms with Gasteiger partial charge in [0.2, 0.25) is 5.91 Å². The monoisotopic (exact) mass is 333 g/mol. The highest BCUT2D eigenvalue weighted by Gasteiger charge is 2.14. The Balaban J connectivity index is 1.95. The molecule has 23 heavy (non-hydrogen) atoms. The molecule has 0 aliphatic rings. The molecule has 0 atom stereocenters. The topological polar surface area (TPSA) is 68.5 Å². The van der Waals surface area contributed by atoms with Gasteiger partial charge in [-0.2, -0.15) is 0 Å². The second kappa shape index (κ2) is 7.65. The van der Waals surface area contributed by atoms with Gasteiger partial charge in [-0.05, 0) is 36.8 Å². The van der Waals surface area contributed by atoms with Gasteiger partial charge in [0.1, 0.15) is 17.1 Å². The predicted molar refractivity (Wildman–Crippen MR) is 87.1 cm³/mol. The average Bonchev–Trinajstić information content (AvgIpc) is 2.91. The van der Waals surface area contributed by atoms with Crippen molar-refractivity contribution in [2.75, 3.05) is 7.11 Å². The Morgan fingerprint density at radius 1 is 1.35 bits per heavy atom. The number of rotatable bonds is 5. The normalized spacial score (nSPS) is 10.7. The third-order valence-corrected chi connectivity index (χ3v) is 3.33. The quantitative estimate of drug-likeness (QED) is 0.673. The summed E-state index contributed by atoms with van der Waals surface area (Å²) in [5, 5.41) is 3.35. The molecule has 0 spiro atoms. The molecule has 1 aromatic heterocycles. The highest BCUT2D eigenvalue weighted by atomic mass is 35.5. The molecular formula is C17H16ClNO4. The van der Waals surface area contributed by atoms with Crippen LogP contribution in [0, 0.1) is 6.92 Å². The van der Waals surface area contributed by atoms with Crippen LogP contribution in [-0.4, -0.2) is 19.0 Å². The minimum atomic E-state index is -0.476. The van der Waals surface area contributed by atoms with E-state index in [1.807, 2.05) is 12.1 Å². The summed E-state index contributed by atoms with van der Waals surface area (Å²) in [7, 11) is 1.30. The number of benzene rings is 1. The van der Waals surface area contributed by atoms with Crippen molar-refractivity contribution in [1.29, 1.82) is 0 Å². The first kappa shape index (κ1) is 16.8. The van der Waals surface area contributed by atoms with Crippen LogP contribution in [0.4, 0.5) is 0 Å². The number of furan rings is 1. The van der Waals surface area contributed by atoms with Crippen molar-refractivity contribution in [2.24, 2.45) is 0 Å². The summed E-state index contributed by atoms with van der Waals surface area (Å²) >= 11 is 5.88. The lowest BCUT2D eigenvalue weighted by Gasteiger charge is -2.02. The van der Waals surface area contributed by atoms with Crippen LogP contribution in [0.1, 0.15) is 27.4 Å². The number of nitrogens with one attached hydrogen (secondary N) is 1. The zero-order valence-corrected chi connectivity index (χ0v) is 13.5. The van der Waals surface area contributed by atoms with Crippen LogP contribution in [0.3, 0.4) is 0 Å². The Morgan fingerprint density at radius 2 is 2.13 bits per heavy atom. The second-order valence-electron chi connectivity index (χ2n) is 4.79. The molecule has 1 aromatic carbocycles. The van der Waals surface area contributed by atoms with E-state index in [1.54, 1.807) is 19.1 Å². The van der Waals surface area contributed by atoms with Gasteiger partial charge in [0.05, 0.1) is 7.11 Å². The van der Waals surface area contributed by atoms with Crippen molar-refractivity contribution in [1.82, 2.24) is 5.32 Å². The minimum Gasteiger partial charge on any atom is -0.465 e. The van der Waals surface area contributed by atoms with Crippen LogP contribution in [0.2, 0.25) is 5.02 Å². The molecule has 0 saturated carbocycles. The number of halogens is 1. The van der Waals surface area contributed by atoms with Crippen LogP contribution in [-0.2, 0) is 16.1 Å². The molecule has 5 nitrogen and oxygen atoms in total. The Bertz CT molecular complexity index is 749. The van der Waals surface area contributed by atoms with Crippen molar-refractivity contribution in [3.63, 3.8) is 0 Å². The number of amides is 1. The highest BCUT2D eigenvalue weighted by Crippen LogP contribution is 2.16. The summed E-state index contributed by atoms with van der Waals surface area (Å²) in [5.41, 5.74) is 1.24. The smallest absolute Gasteiger partial charge is 0.341 e. The SMILES string of the molecule is COC(=O)c1cc(/C=C/C(=O)NCc2cccc(Cl)c2)oc1C. The molecule has 0 saturated heterocycles. The zero-order chi connectivity index (χ0) is 16.8. The standard InChI is InChI=1S/C17H16ClNO4/c1-11-15(17(21)22-2)9-14(23-11)6-7-16(20)19-10-12-4-3-5-13(18)8-12/h3-9H,10H2,1-2H3,(H,19,20)/b7-6+. The molecule has 2 rings (SSSR count). The van der Waals surface area contributed by atoms with Crippen molar-refractivity contribution < 1.29 is 18.7 Å². The van der Waals surface area contributed by atoms with Crippen molar-refractivity contribution in [3.05, 3.63) is 64.1 Å². The van der Waals surface area contributed by atoms with Crippen LogP contribution in [0.5, 0.6) is 0 Å². The van der Waals surface area contributed by atoms with Gasteiger partial charge < -0.3 is 14.5 Å². The van der Waals surface area contributed by atoms with E-state index in [0.717, 1.165) is 5.56 Å². The van der Waals surface area contributed by atoms with Crippen LogP contribution in [0.15, 0.2) is 40.8 Å². The number of hydrogen-bond donors (Lipinski definition) is 1. The second-order valence-corrected chi connectivity index (χ2v) is 5.23. The maximum Gasteiger partial charge on any atom is 0.341 e. The molecular weight excluding hydrogens is 318 g/mol. The maximum absolute atomic E-state index is 11.8. The molecule has 0 fully saturated rings. The van der Waals surface area contributed by atoms with Crippen molar-refractivity contribution >= 4 is 29.6 Å². The molecule has 120 valence electrons. The van der Waals surface area contributed by atoms with E-state index in [1.165, 1.54) is 25.3 Å². The first-order valence-electron chi connectivity index (χ1n) is 6.88. The van der Waals surface area contributed by atoms with E-state index in [0.29, 0.717) is 28.7 Å². The number of methoxy groups -OCH3 is 1. The zero-order valence-electron chi connectivity index (χ0n) is 12.8. The van der Waals surface area contributed by atoms with Gasteiger partial charge in [-0.3, -0.25) is 4.79 Å². The van der Waals surface area contributed by atoms with Gasteiger partial charge in [-0.1, -0.05) is 23.7 Å². The Morgan fingerprint density at radius 3 is 2.83 bits per heavy atom.